The Morgan fingerprint density at radius 1 is 0.850 bits per heavy atom. The first-order chi connectivity index (χ1) is 19.5. The second kappa shape index (κ2) is 15.7. The summed E-state index contributed by atoms with van der Waals surface area (Å²) in [5.41, 5.74) is 0.963. The van der Waals surface area contributed by atoms with Crippen molar-refractivity contribution < 1.29 is 18.7 Å². The summed E-state index contributed by atoms with van der Waals surface area (Å²) in [5, 5.41) is 4.77. The van der Waals surface area contributed by atoms with Crippen molar-refractivity contribution in [3.8, 4) is 0 Å². The van der Waals surface area contributed by atoms with E-state index in [1.165, 1.54) is 0 Å². The fourth-order valence-electron chi connectivity index (χ4n) is 4.37. The van der Waals surface area contributed by atoms with Crippen molar-refractivity contribution in [2.45, 2.75) is 71.4 Å². The molecule has 0 saturated heterocycles. The first-order valence-corrected chi connectivity index (χ1v) is 14.7. The molecule has 0 bridgehead atoms. The maximum atomic E-state index is 11.9. The number of nitrogens with one attached hydrogen (secondary N) is 1. The van der Waals surface area contributed by atoms with Gasteiger partial charge in [0.1, 0.15) is 24.2 Å². The molecule has 0 aliphatic carbocycles. The Bertz CT molecular complexity index is 1340. The van der Waals surface area contributed by atoms with Crippen LogP contribution < -0.4 is 14.5 Å². The maximum Gasteiger partial charge on any atom is 0.407 e. The topological polar surface area (TPSA) is 73.8 Å². The Morgan fingerprint density at radius 2 is 1.48 bits per heavy atom. The van der Waals surface area contributed by atoms with Crippen molar-refractivity contribution in [1.82, 2.24) is 24.0 Å². The predicted molar refractivity (Wildman–Crippen MR) is 154 cm³/mol. The number of benzene rings is 1. The van der Waals surface area contributed by atoms with Gasteiger partial charge in [-0.05, 0) is 54.4 Å². The molecule has 4 rings (SSSR count). The Labute approximate surface area is 249 Å². The van der Waals surface area contributed by atoms with Crippen molar-refractivity contribution in [2.24, 2.45) is 0 Å². The van der Waals surface area contributed by atoms with Crippen LogP contribution in [0, 0.1) is 0 Å². The summed E-state index contributed by atoms with van der Waals surface area (Å²) in [4.78, 5) is 15.9. The van der Waals surface area contributed by atoms with Crippen LogP contribution in [0.15, 0.2) is 67.9 Å². The fraction of sp³-hybridized carbons (Fsp3) is 0.429. The summed E-state index contributed by atoms with van der Waals surface area (Å²) in [6.45, 7) is 5.04. The minimum atomic E-state index is -0.407. The number of carbonyl (C=O) groups excluding carboxylic acids is 1. The number of carbonyl (C=O) groups is 1. The summed E-state index contributed by atoms with van der Waals surface area (Å²) in [7, 11) is 0. The second-order valence-electron chi connectivity index (χ2n) is 9.69. The molecule has 9 nitrogen and oxygen atoms in total. The molecule has 0 aliphatic rings. The van der Waals surface area contributed by atoms with Crippen LogP contribution in [0.5, 0.6) is 0 Å². The Morgan fingerprint density at radius 3 is 2.12 bits per heavy atom. The van der Waals surface area contributed by atoms with Crippen LogP contribution in [0.25, 0.3) is 0 Å². The monoisotopic (exact) mass is 607 g/mol. The highest BCUT2D eigenvalue weighted by Crippen LogP contribution is 2.11. The summed E-state index contributed by atoms with van der Waals surface area (Å²) in [6, 6.07) is 9.62. The highest BCUT2D eigenvalue weighted by molar-refractivity contribution is 6.29. The van der Waals surface area contributed by atoms with Crippen molar-refractivity contribution in [3.05, 3.63) is 88.9 Å². The van der Waals surface area contributed by atoms with E-state index < -0.39 is 6.09 Å². The van der Waals surface area contributed by atoms with Gasteiger partial charge < -0.3 is 14.6 Å². The van der Waals surface area contributed by atoms with Crippen molar-refractivity contribution in [2.75, 3.05) is 6.54 Å². The number of rotatable bonds is 16. The molecule has 0 saturated carbocycles. The van der Waals surface area contributed by atoms with Gasteiger partial charge in [-0.3, -0.25) is 0 Å². The van der Waals surface area contributed by atoms with E-state index in [-0.39, 0.29) is 6.61 Å². The molecule has 40 heavy (non-hydrogen) atoms. The van der Waals surface area contributed by atoms with Gasteiger partial charge in [-0.25, -0.2) is 28.0 Å². The number of aryl methyl sites for hydroxylation is 5. The van der Waals surface area contributed by atoms with Crippen molar-refractivity contribution in [1.29, 1.82) is 0 Å². The Balaban J connectivity index is 1.08. The molecule has 214 valence electrons. The van der Waals surface area contributed by atoms with E-state index in [1.807, 2.05) is 59.8 Å². The number of aromatic nitrogens is 6. The number of alkyl carbamates (subject to hydrolysis) is 1. The highest BCUT2D eigenvalue weighted by Gasteiger charge is 2.14. The molecule has 3 heterocycles. The molecule has 12 heteroatoms. The molecule has 3 aromatic heterocycles. The van der Waals surface area contributed by atoms with E-state index in [0.717, 1.165) is 75.5 Å². The average molecular weight is 609 g/mol. The van der Waals surface area contributed by atoms with Crippen LogP contribution in [0.2, 0.25) is 15.5 Å². The third kappa shape index (κ3) is 9.87. The van der Waals surface area contributed by atoms with Gasteiger partial charge in [-0.2, -0.15) is 0 Å². The van der Waals surface area contributed by atoms with Gasteiger partial charge in [0.15, 0.2) is 0 Å². The number of hydrogen-bond donors (Lipinski definition) is 1. The number of halogens is 3. The molecule has 0 fully saturated rings. The van der Waals surface area contributed by atoms with Crippen LogP contribution in [0.3, 0.4) is 0 Å². The van der Waals surface area contributed by atoms with Gasteiger partial charge >= 0.3 is 6.09 Å². The molecule has 0 atom stereocenters. The molecular weight excluding hydrogens is 573 g/mol. The lowest BCUT2D eigenvalue weighted by Gasteiger charge is -2.06. The minimum absolute atomic E-state index is 0.265. The van der Waals surface area contributed by atoms with Crippen LogP contribution >= 0.6 is 34.8 Å². The molecule has 0 aliphatic heterocycles. The maximum absolute atomic E-state index is 11.9. The molecule has 1 aromatic carbocycles. The quantitative estimate of drug-likeness (QED) is 0.139. The zero-order chi connectivity index (χ0) is 28.2. The molecular formula is C28H36Cl3N7O2+2. The van der Waals surface area contributed by atoms with Crippen LogP contribution in [-0.2, 0) is 44.1 Å². The fourth-order valence-corrected chi connectivity index (χ4v) is 5.04. The normalized spacial score (nSPS) is 11.2. The zero-order valence-corrected chi connectivity index (χ0v) is 24.7. The molecule has 0 spiro atoms. The van der Waals surface area contributed by atoms with Gasteiger partial charge in [-0.15, -0.1) is 0 Å². The Hall–Kier alpha value is -3.01. The smallest absolute Gasteiger partial charge is 0.407 e. The lowest BCUT2D eigenvalue weighted by atomic mass is 10.2. The van der Waals surface area contributed by atoms with E-state index in [0.29, 0.717) is 16.9 Å². The largest absolute Gasteiger partial charge is 0.445 e. The van der Waals surface area contributed by atoms with Crippen LogP contribution in [-0.4, -0.2) is 31.3 Å². The SMILES string of the molecule is O=C(NCCC[n+]1cc(Cl)n(CCCC[n+]2cc(Cl)n(CCCCn3cnc(Cl)c3)c2)c1)OCc1ccccc1. The number of hydrogen-bond acceptors (Lipinski definition) is 3. The lowest BCUT2D eigenvalue weighted by Crippen LogP contribution is -2.34. The first-order valence-electron chi connectivity index (χ1n) is 13.6. The summed E-state index contributed by atoms with van der Waals surface area (Å²) in [6.07, 6.45) is 16.0. The standard InChI is InChI=1S/C28H35Cl3N7O2/c29-25-17-34(21-33-25)12-4-6-15-37-22-35(18-26(37)30)13-5-7-16-38-23-36(19-27(38)31)14-8-11-32-28(39)40-20-24-9-2-1-3-10-24/h1-3,9-10,17-19,21-23H,4-8,11-16,20H2/q+1/p+1. The first kappa shape index (κ1) is 30.0. The highest BCUT2D eigenvalue weighted by atomic mass is 35.5. The van der Waals surface area contributed by atoms with Crippen LogP contribution in [0.1, 0.15) is 37.7 Å². The third-order valence-corrected chi connectivity index (χ3v) is 7.30. The second-order valence-corrected chi connectivity index (χ2v) is 10.8. The van der Waals surface area contributed by atoms with Gasteiger partial charge in [-0.1, -0.05) is 41.9 Å². The van der Waals surface area contributed by atoms with Crippen molar-refractivity contribution >= 4 is 40.9 Å². The van der Waals surface area contributed by atoms with E-state index in [4.69, 9.17) is 39.5 Å². The van der Waals surface area contributed by atoms with E-state index in [1.54, 1.807) is 6.33 Å². The van der Waals surface area contributed by atoms with Gasteiger partial charge in [0.05, 0.1) is 32.5 Å². The number of nitrogens with zero attached hydrogens (tertiary/aromatic N) is 6. The van der Waals surface area contributed by atoms with Gasteiger partial charge in [0.25, 0.3) is 0 Å². The predicted octanol–water partition coefficient (Wildman–Crippen LogP) is 5.30. The van der Waals surface area contributed by atoms with Crippen LogP contribution in [0.4, 0.5) is 4.79 Å². The average Bonchev–Trinajstić information content (AvgIpc) is 3.64. The van der Waals surface area contributed by atoms with E-state index in [2.05, 4.69) is 34.9 Å². The lowest BCUT2D eigenvalue weighted by molar-refractivity contribution is -0.697. The van der Waals surface area contributed by atoms with E-state index in [9.17, 15) is 4.79 Å². The van der Waals surface area contributed by atoms with Gasteiger partial charge in [0, 0.05) is 25.7 Å². The Kier molecular flexibility index (Phi) is 11.8. The van der Waals surface area contributed by atoms with E-state index >= 15 is 0 Å². The molecule has 0 unspecified atom stereocenters. The molecule has 1 amide bonds. The molecule has 4 aromatic rings. The number of amides is 1. The third-order valence-electron chi connectivity index (χ3n) is 6.48. The molecule has 0 radical (unpaired) electrons. The summed E-state index contributed by atoms with van der Waals surface area (Å²) < 4.78 is 15.6. The number of ether oxygens (including phenoxy) is 1. The number of unbranched alkanes of at least 4 members (excludes halogenated alkanes) is 2. The minimum Gasteiger partial charge on any atom is -0.445 e. The number of imidazole rings is 3. The zero-order valence-electron chi connectivity index (χ0n) is 22.5. The summed E-state index contributed by atoms with van der Waals surface area (Å²) in [5.74, 6) is 0. The summed E-state index contributed by atoms with van der Waals surface area (Å²) >= 11 is 18.7. The van der Waals surface area contributed by atoms with Gasteiger partial charge in [0.2, 0.25) is 23.0 Å². The molecule has 1 N–H and O–H groups in total. The van der Waals surface area contributed by atoms with Crippen molar-refractivity contribution in [3.63, 3.8) is 0 Å².